The third-order valence-corrected chi connectivity index (χ3v) is 1.23. The molecule has 0 radical (unpaired) electrons. The molecular weight excluding hydrogens is 175 g/mol. The number of hydroxylamine groups is 1. The molecule has 0 fully saturated rings. The number of nitrogens with one attached hydrogen (secondary N) is 1. The predicted octanol–water partition coefficient (Wildman–Crippen LogP) is 0.839. The summed E-state index contributed by atoms with van der Waals surface area (Å²) in [4.78, 5) is 4.09. The van der Waals surface area contributed by atoms with Crippen LogP contribution in [0.2, 0.25) is 0 Å². The van der Waals surface area contributed by atoms with Crippen LogP contribution >= 0.6 is 0 Å². The Morgan fingerprint density at radius 2 is 1.92 bits per heavy atom. The highest BCUT2D eigenvalue weighted by Crippen LogP contribution is 2.13. The molecule has 6 heteroatoms. The summed E-state index contributed by atoms with van der Waals surface area (Å²) in [5.74, 6) is 0. The van der Waals surface area contributed by atoms with E-state index < -0.39 is 24.9 Å². The van der Waals surface area contributed by atoms with E-state index in [0.29, 0.717) is 0 Å². The maximum Gasteiger partial charge on any atom is 0.413 e. The van der Waals surface area contributed by atoms with Gasteiger partial charge >= 0.3 is 6.18 Å². The molecule has 2 N–H and O–H groups in total. The smallest absolute Gasteiger partial charge is 0.392 e. The Balaban J connectivity index is 3.44. The fourth-order valence-electron chi connectivity index (χ4n) is 0.353. The van der Waals surface area contributed by atoms with E-state index in [-0.39, 0.29) is 0 Å². The molecule has 0 heterocycles. The molecule has 2 unspecified atom stereocenters. The van der Waals surface area contributed by atoms with Crippen LogP contribution in [0.3, 0.4) is 0 Å². The Bertz CT molecular complexity index is 126. The summed E-state index contributed by atoms with van der Waals surface area (Å²) in [6.45, 7) is 1.61. The molecular formula is C6H12F3NO2. The number of aliphatic hydroxyl groups is 1. The van der Waals surface area contributed by atoms with Gasteiger partial charge < -0.3 is 5.11 Å². The molecule has 0 aliphatic heterocycles. The van der Waals surface area contributed by atoms with E-state index in [4.69, 9.17) is 5.11 Å². The van der Waals surface area contributed by atoms with Crippen LogP contribution in [0.4, 0.5) is 13.2 Å². The van der Waals surface area contributed by atoms with E-state index in [1.54, 1.807) is 0 Å². The molecule has 0 spiro atoms. The topological polar surface area (TPSA) is 41.5 Å². The van der Waals surface area contributed by atoms with Crippen molar-refractivity contribution in [3.63, 3.8) is 0 Å². The second kappa shape index (κ2) is 4.64. The first kappa shape index (κ1) is 11.7. The summed E-state index contributed by atoms with van der Waals surface area (Å²) in [7, 11) is 0. The quantitative estimate of drug-likeness (QED) is 0.641. The van der Waals surface area contributed by atoms with Crippen molar-refractivity contribution < 1.29 is 23.1 Å². The molecule has 0 amide bonds. The van der Waals surface area contributed by atoms with Gasteiger partial charge in [0.25, 0.3) is 0 Å². The van der Waals surface area contributed by atoms with E-state index in [0.717, 1.165) is 0 Å². The van der Waals surface area contributed by atoms with Gasteiger partial charge in [-0.25, -0.2) is 0 Å². The molecule has 0 saturated heterocycles. The van der Waals surface area contributed by atoms with Gasteiger partial charge in [0.2, 0.25) is 0 Å². The van der Waals surface area contributed by atoms with Gasteiger partial charge in [0.05, 0.1) is 12.1 Å². The van der Waals surface area contributed by atoms with Crippen molar-refractivity contribution in [3.05, 3.63) is 0 Å². The van der Waals surface area contributed by atoms with Gasteiger partial charge in [-0.15, -0.1) is 0 Å². The normalized spacial score (nSPS) is 17.5. The first-order valence-electron chi connectivity index (χ1n) is 3.45. The van der Waals surface area contributed by atoms with E-state index in [1.807, 2.05) is 0 Å². The fourth-order valence-corrected chi connectivity index (χ4v) is 0.353. The highest BCUT2D eigenvalue weighted by atomic mass is 19.4. The summed E-state index contributed by atoms with van der Waals surface area (Å²) >= 11 is 0. The van der Waals surface area contributed by atoms with E-state index >= 15 is 0 Å². The van der Waals surface area contributed by atoms with E-state index in [9.17, 15) is 13.2 Å². The maximum atomic E-state index is 11.5. The van der Waals surface area contributed by atoms with Gasteiger partial charge in [0, 0.05) is 0 Å². The Hall–Kier alpha value is -0.330. The minimum absolute atomic E-state index is 0.521. The monoisotopic (exact) mass is 187 g/mol. The summed E-state index contributed by atoms with van der Waals surface area (Å²) in [6.07, 6.45) is -5.09. The molecule has 2 atom stereocenters. The van der Waals surface area contributed by atoms with Crippen LogP contribution < -0.4 is 5.48 Å². The summed E-state index contributed by atoms with van der Waals surface area (Å²) in [5, 5.41) is 8.83. The minimum Gasteiger partial charge on any atom is -0.392 e. The van der Waals surface area contributed by atoms with Crippen molar-refractivity contribution in [3.8, 4) is 0 Å². The molecule has 0 aromatic heterocycles. The molecule has 0 saturated carbocycles. The molecule has 0 aromatic rings. The van der Waals surface area contributed by atoms with Crippen LogP contribution in [-0.2, 0) is 4.84 Å². The third kappa shape index (κ3) is 6.38. The zero-order valence-electron chi connectivity index (χ0n) is 6.85. The molecule has 3 nitrogen and oxygen atoms in total. The molecule has 0 bridgehead atoms. The highest BCUT2D eigenvalue weighted by molar-refractivity contribution is 4.60. The lowest BCUT2D eigenvalue weighted by Gasteiger charge is -2.16. The second-order valence-corrected chi connectivity index (χ2v) is 2.55. The lowest BCUT2D eigenvalue weighted by Crippen LogP contribution is -2.37. The molecule has 74 valence electrons. The van der Waals surface area contributed by atoms with Gasteiger partial charge in [-0.2, -0.15) is 18.7 Å². The second-order valence-electron chi connectivity index (χ2n) is 2.55. The van der Waals surface area contributed by atoms with Crippen molar-refractivity contribution >= 4 is 0 Å². The SMILES string of the molecule is CC(O)C(C)NOCC(F)(F)F. The van der Waals surface area contributed by atoms with Gasteiger partial charge in [-0.3, -0.25) is 4.84 Å². The van der Waals surface area contributed by atoms with Crippen molar-refractivity contribution in [2.75, 3.05) is 6.61 Å². The number of rotatable bonds is 4. The first-order chi connectivity index (χ1) is 5.33. The highest BCUT2D eigenvalue weighted by Gasteiger charge is 2.28. The number of aliphatic hydroxyl groups excluding tert-OH is 1. The van der Waals surface area contributed by atoms with Gasteiger partial charge in [-0.05, 0) is 13.8 Å². The molecule has 0 aliphatic carbocycles. The molecule has 0 rings (SSSR count). The lowest BCUT2D eigenvalue weighted by atomic mass is 10.2. The summed E-state index contributed by atoms with van der Waals surface area (Å²) < 4.78 is 34.4. The number of hydrogen-bond acceptors (Lipinski definition) is 3. The Kier molecular flexibility index (Phi) is 4.51. The molecule has 0 aliphatic rings. The Labute approximate surface area is 68.5 Å². The standard InChI is InChI=1S/C6H12F3NO2/c1-4(5(2)11)10-12-3-6(7,8)9/h4-5,10-11H,3H2,1-2H3. The van der Waals surface area contributed by atoms with Crippen LogP contribution in [0.5, 0.6) is 0 Å². The van der Waals surface area contributed by atoms with E-state index in [2.05, 4.69) is 10.3 Å². The van der Waals surface area contributed by atoms with Gasteiger partial charge in [0.15, 0.2) is 6.61 Å². The first-order valence-corrected chi connectivity index (χ1v) is 3.45. The average molecular weight is 187 g/mol. The third-order valence-electron chi connectivity index (χ3n) is 1.23. The van der Waals surface area contributed by atoms with Crippen LogP contribution in [0, 0.1) is 0 Å². The fraction of sp³-hybridized carbons (Fsp3) is 1.00. The number of hydrogen-bond donors (Lipinski definition) is 2. The minimum atomic E-state index is -4.34. The van der Waals surface area contributed by atoms with Crippen LogP contribution in [-0.4, -0.2) is 30.0 Å². The molecule has 0 aromatic carbocycles. The maximum absolute atomic E-state index is 11.5. The largest absolute Gasteiger partial charge is 0.413 e. The van der Waals surface area contributed by atoms with Crippen molar-refractivity contribution in [2.45, 2.75) is 32.2 Å². The van der Waals surface area contributed by atoms with Gasteiger partial charge in [0.1, 0.15) is 0 Å². The van der Waals surface area contributed by atoms with Crippen LogP contribution in [0.15, 0.2) is 0 Å². The Morgan fingerprint density at radius 1 is 1.42 bits per heavy atom. The summed E-state index contributed by atoms with van der Waals surface area (Å²) in [5.41, 5.74) is 2.07. The van der Waals surface area contributed by atoms with Crippen LogP contribution in [0.25, 0.3) is 0 Å². The van der Waals surface area contributed by atoms with Crippen molar-refractivity contribution in [1.29, 1.82) is 0 Å². The predicted molar refractivity (Wildman–Crippen MR) is 36.3 cm³/mol. The molecule has 12 heavy (non-hydrogen) atoms. The number of alkyl halides is 3. The zero-order valence-corrected chi connectivity index (χ0v) is 6.85. The van der Waals surface area contributed by atoms with E-state index in [1.165, 1.54) is 13.8 Å². The average Bonchev–Trinajstić information content (AvgIpc) is 1.84. The van der Waals surface area contributed by atoms with Crippen molar-refractivity contribution in [2.24, 2.45) is 0 Å². The van der Waals surface area contributed by atoms with Crippen molar-refractivity contribution in [1.82, 2.24) is 5.48 Å². The van der Waals surface area contributed by atoms with Crippen LogP contribution in [0.1, 0.15) is 13.8 Å². The zero-order chi connectivity index (χ0) is 9.78. The summed E-state index contributed by atoms with van der Waals surface area (Å²) in [6, 6.07) is -0.521. The Morgan fingerprint density at radius 3 is 2.25 bits per heavy atom. The number of halogens is 3. The van der Waals surface area contributed by atoms with Gasteiger partial charge in [-0.1, -0.05) is 0 Å². The lowest BCUT2D eigenvalue weighted by molar-refractivity contribution is -0.195.